The number of aromatic nitrogens is 6. The van der Waals surface area contributed by atoms with E-state index in [1.54, 1.807) is 9.25 Å². The Morgan fingerprint density at radius 1 is 1.19 bits per heavy atom. The van der Waals surface area contributed by atoms with Crippen LogP contribution in [0.4, 0.5) is 11.8 Å². The molecular weight excluding hydrogens is 352 g/mol. The molecule has 3 aromatic rings. The first kappa shape index (κ1) is 15.7. The van der Waals surface area contributed by atoms with Gasteiger partial charge in [0.1, 0.15) is 11.8 Å². The quantitative estimate of drug-likeness (QED) is 0.500. The summed E-state index contributed by atoms with van der Waals surface area (Å²) in [6, 6.07) is 10.1. The van der Waals surface area contributed by atoms with Gasteiger partial charge in [-0.3, -0.25) is 4.57 Å². The van der Waals surface area contributed by atoms with Crippen molar-refractivity contribution in [2.45, 2.75) is 25.0 Å². The Balaban J connectivity index is 1.31. The van der Waals surface area contributed by atoms with Crippen molar-refractivity contribution >= 4 is 11.8 Å². The Kier molecular flexibility index (Phi) is 3.35. The summed E-state index contributed by atoms with van der Waals surface area (Å²) in [5.74, 6) is 0.516. The Bertz CT molecular complexity index is 965. The topological polar surface area (TPSA) is 117 Å². The number of ether oxygens (including phenoxy) is 1. The highest BCUT2D eigenvalue weighted by atomic mass is 16.6. The van der Waals surface area contributed by atoms with Crippen molar-refractivity contribution in [2.75, 3.05) is 18.0 Å². The summed E-state index contributed by atoms with van der Waals surface area (Å²) in [5, 5.41) is 23.0. The van der Waals surface area contributed by atoms with Gasteiger partial charge in [-0.2, -0.15) is 4.68 Å². The first-order chi connectivity index (χ1) is 13.1. The van der Waals surface area contributed by atoms with Crippen molar-refractivity contribution in [3.05, 3.63) is 46.6 Å². The lowest BCUT2D eigenvalue weighted by Crippen LogP contribution is -2.48. The summed E-state index contributed by atoms with van der Waals surface area (Å²) in [5.41, 5.74) is 0.529. The van der Waals surface area contributed by atoms with Crippen LogP contribution in [-0.4, -0.2) is 53.4 Å². The molecule has 11 nitrogen and oxygen atoms in total. The Morgan fingerprint density at radius 3 is 2.67 bits per heavy atom. The Labute approximate surface area is 153 Å². The average molecular weight is 368 g/mol. The second kappa shape index (κ2) is 5.76. The first-order valence-electron chi connectivity index (χ1n) is 8.63. The third-order valence-electron chi connectivity index (χ3n) is 5.09. The van der Waals surface area contributed by atoms with Crippen molar-refractivity contribution in [1.29, 1.82) is 0 Å². The van der Waals surface area contributed by atoms with Gasteiger partial charge in [0.05, 0.1) is 12.2 Å². The number of nitro groups is 1. The molecule has 0 radical (unpaired) electrons. The zero-order valence-corrected chi connectivity index (χ0v) is 14.3. The molecule has 4 heterocycles. The molecule has 11 heteroatoms. The van der Waals surface area contributed by atoms with Gasteiger partial charge < -0.3 is 19.8 Å². The lowest BCUT2D eigenvalue weighted by atomic mass is 9.91. The van der Waals surface area contributed by atoms with Crippen molar-refractivity contribution in [3.63, 3.8) is 0 Å². The first-order valence-corrected chi connectivity index (χ1v) is 8.63. The molecule has 0 atom stereocenters. The Morgan fingerprint density at radius 2 is 1.96 bits per heavy atom. The van der Waals surface area contributed by atoms with E-state index in [1.165, 1.54) is 6.20 Å². The fourth-order valence-corrected chi connectivity index (χ4v) is 3.70. The number of nitrogens with zero attached hydrogens (tertiary/aromatic N) is 8. The van der Waals surface area contributed by atoms with Crippen molar-refractivity contribution in [2.24, 2.45) is 0 Å². The number of para-hydroxylation sites is 1. The van der Waals surface area contributed by atoms with Crippen LogP contribution < -0.4 is 9.64 Å². The average Bonchev–Trinajstić information content (AvgIpc) is 3.37. The molecule has 138 valence electrons. The number of piperidine rings is 1. The number of fused-ring (bicyclic) bond motifs is 1. The zero-order chi connectivity index (χ0) is 18.4. The molecule has 1 aromatic carbocycles. The fraction of sp³-hybridized carbons (Fsp3) is 0.375. The molecule has 0 aliphatic carbocycles. The van der Waals surface area contributed by atoms with E-state index in [-0.39, 0.29) is 11.4 Å². The highest BCUT2D eigenvalue weighted by Gasteiger charge is 2.46. The van der Waals surface area contributed by atoms with Crippen LogP contribution in [0.2, 0.25) is 0 Å². The van der Waals surface area contributed by atoms with Crippen LogP contribution in [-0.2, 0) is 6.54 Å². The van der Waals surface area contributed by atoms with Crippen LogP contribution in [0, 0.1) is 10.1 Å². The van der Waals surface area contributed by atoms with Crippen LogP contribution in [0.25, 0.3) is 5.69 Å². The molecular formula is C16H16N8O3. The third-order valence-corrected chi connectivity index (χ3v) is 5.09. The summed E-state index contributed by atoms with van der Waals surface area (Å²) in [6.45, 7) is 2.01. The van der Waals surface area contributed by atoms with Gasteiger partial charge in [-0.25, -0.2) is 0 Å². The number of tetrazole rings is 1. The van der Waals surface area contributed by atoms with Gasteiger partial charge in [-0.05, 0) is 27.5 Å². The molecule has 2 aliphatic rings. The monoisotopic (exact) mass is 368 g/mol. The van der Waals surface area contributed by atoms with E-state index in [0.717, 1.165) is 31.6 Å². The van der Waals surface area contributed by atoms with Crippen LogP contribution in [0.1, 0.15) is 12.8 Å². The van der Waals surface area contributed by atoms with Gasteiger partial charge in [-0.15, -0.1) is 0 Å². The number of hydrogen-bond donors (Lipinski definition) is 0. The molecule has 1 fully saturated rings. The maximum absolute atomic E-state index is 10.8. The van der Waals surface area contributed by atoms with E-state index in [1.807, 2.05) is 30.3 Å². The standard InChI is InChI=1S/C16H16N8O3/c25-24(26)13-10-22-11-16(27-15(22)17-13)6-8-21(9-7-16)14-18-19-20-23(14)12-4-2-1-3-5-12/h1-5,10H,6-9,11H2. The second-order valence-corrected chi connectivity index (χ2v) is 6.77. The van der Waals surface area contributed by atoms with Gasteiger partial charge in [0.15, 0.2) is 0 Å². The third kappa shape index (κ3) is 2.58. The van der Waals surface area contributed by atoms with Crippen LogP contribution in [0.5, 0.6) is 6.01 Å². The van der Waals surface area contributed by atoms with Crippen LogP contribution in [0.15, 0.2) is 36.5 Å². The normalized spacial score (nSPS) is 17.7. The number of hydrogen-bond acceptors (Lipinski definition) is 8. The predicted molar refractivity (Wildman–Crippen MR) is 92.8 cm³/mol. The summed E-state index contributed by atoms with van der Waals surface area (Å²) in [4.78, 5) is 16.4. The highest BCUT2D eigenvalue weighted by molar-refractivity contribution is 5.41. The molecule has 2 aromatic heterocycles. The van der Waals surface area contributed by atoms with E-state index < -0.39 is 4.92 Å². The minimum Gasteiger partial charge on any atom is -0.437 e. The van der Waals surface area contributed by atoms with Gasteiger partial charge in [0, 0.05) is 30.9 Å². The van der Waals surface area contributed by atoms with Crippen molar-refractivity contribution in [1.82, 2.24) is 29.8 Å². The predicted octanol–water partition coefficient (Wildman–Crippen LogP) is 1.20. The van der Waals surface area contributed by atoms with E-state index in [2.05, 4.69) is 25.4 Å². The highest BCUT2D eigenvalue weighted by Crippen LogP contribution is 2.38. The molecule has 2 aliphatic heterocycles. The van der Waals surface area contributed by atoms with Gasteiger partial charge in [-0.1, -0.05) is 23.3 Å². The molecule has 0 unspecified atom stereocenters. The Hall–Kier alpha value is -3.50. The van der Waals surface area contributed by atoms with E-state index in [4.69, 9.17) is 4.74 Å². The SMILES string of the molecule is O=[N+]([O-])c1cn2c(n1)OC1(CCN(c3nnnn3-c3ccccc3)CC1)C2. The molecule has 27 heavy (non-hydrogen) atoms. The number of imidazole rings is 1. The van der Waals surface area contributed by atoms with E-state index in [0.29, 0.717) is 18.5 Å². The van der Waals surface area contributed by atoms with Gasteiger partial charge >= 0.3 is 11.8 Å². The summed E-state index contributed by atoms with van der Waals surface area (Å²) in [6.07, 6.45) is 2.95. The smallest absolute Gasteiger partial charge is 0.415 e. The number of rotatable bonds is 3. The number of benzene rings is 1. The zero-order valence-electron chi connectivity index (χ0n) is 14.3. The summed E-state index contributed by atoms with van der Waals surface area (Å²) in [7, 11) is 0. The molecule has 0 bridgehead atoms. The van der Waals surface area contributed by atoms with Crippen molar-refractivity contribution < 1.29 is 9.66 Å². The maximum Gasteiger partial charge on any atom is 0.415 e. The van der Waals surface area contributed by atoms with E-state index in [9.17, 15) is 10.1 Å². The van der Waals surface area contributed by atoms with Crippen LogP contribution in [0.3, 0.4) is 0 Å². The number of anilines is 1. The largest absolute Gasteiger partial charge is 0.437 e. The molecule has 1 spiro atoms. The van der Waals surface area contributed by atoms with Gasteiger partial charge in [0.25, 0.3) is 0 Å². The molecule has 0 saturated carbocycles. The minimum atomic E-state index is -0.507. The van der Waals surface area contributed by atoms with E-state index >= 15 is 0 Å². The maximum atomic E-state index is 10.8. The van der Waals surface area contributed by atoms with Gasteiger partial charge in [0.2, 0.25) is 5.95 Å². The lowest BCUT2D eigenvalue weighted by Gasteiger charge is -2.37. The second-order valence-electron chi connectivity index (χ2n) is 6.77. The molecule has 5 rings (SSSR count). The lowest BCUT2D eigenvalue weighted by molar-refractivity contribution is -0.389. The summed E-state index contributed by atoms with van der Waals surface area (Å²) >= 11 is 0. The molecule has 0 amide bonds. The summed E-state index contributed by atoms with van der Waals surface area (Å²) < 4.78 is 9.46. The molecule has 0 N–H and O–H groups in total. The minimum absolute atomic E-state index is 0.181. The van der Waals surface area contributed by atoms with Crippen molar-refractivity contribution in [3.8, 4) is 11.7 Å². The van der Waals surface area contributed by atoms with Crippen LogP contribution >= 0.6 is 0 Å². The molecule has 1 saturated heterocycles. The fourth-order valence-electron chi connectivity index (χ4n) is 3.70.